The van der Waals surface area contributed by atoms with Crippen molar-refractivity contribution in [2.45, 2.75) is 51.6 Å². The van der Waals surface area contributed by atoms with Gasteiger partial charge in [-0.05, 0) is 67.3 Å². The summed E-state index contributed by atoms with van der Waals surface area (Å²) in [4.78, 5) is 2.26. The largest absolute Gasteiger partial charge is 0.293 e. The van der Waals surface area contributed by atoms with E-state index < -0.39 is 23.0 Å². The number of alkyl halides is 2. The molecule has 0 amide bonds. The Hall–Kier alpha value is -3.22. The lowest BCUT2D eigenvalue weighted by atomic mass is 9.96. The highest BCUT2D eigenvalue weighted by atomic mass is 32.2. The van der Waals surface area contributed by atoms with Gasteiger partial charge in [0, 0.05) is 43.8 Å². The predicted molar refractivity (Wildman–Crippen MR) is 147 cm³/mol. The highest BCUT2D eigenvalue weighted by Gasteiger charge is 2.37. The Morgan fingerprint density at radius 2 is 1.77 bits per heavy atom. The molecule has 1 atom stereocenters. The molecule has 4 aromatic rings. The number of sulfonamides is 1. The van der Waals surface area contributed by atoms with Gasteiger partial charge in [0.25, 0.3) is 6.43 Å². The van der Waals surface area contributed by atoms with E-state index in [1.165, 1.54) is 29.6 Å². The van der Waals surface area contributed by atoms with Crippen LogP contribution in [0.25, 0.3) is 16.6 Å². The lowest BCUT2D eigenvalue weighted by Gasteiger charge is -2.42. The molecule has 0 N–H and O–H groups in total. The van der Waals surface area contributed by atoms with E-state index in [0.717, 1.165) is 38.9 Å². The van der Waals surface area contributed by atoms with Crippen molar-refractivity contribution >= 4 is 20.9 Å². The highest BCUT2D eigenvalue weighted by molar-refractivity contribution is 7.89. The third-order valence-electron chi connectivity index (χ3n) is 7.28. The Morgan fingerprint density at radius 1 is 1.05 bits per heavy atom. The van der Waals surface area contributed by atoms with Crippen molar-refractivity contribution in [3.63, 3.8) is 0 Å². The summed E-state index contributed by atoms with van der Waals surface area (Å²) in [6.45, 7) is 8.94. The van der Waals surface area contributed by atoms with E-state index in [2.05, 4.69) is 35.0 Å². The number of aryl methyl sites for hydroxylation is 2. The summed E-state index contributed by atoms with van der Waals surface area (Å²) >= 11 is 0. The number of nitrogens with zero attached hydrogens (tertiary/aromatic N) is 6. The van der Waals surface area contributed by atoms with E-state index in [1.54, 1.807) is 23.0 Å². The van der Waals surface area contributed by atoms with Crippen LogP contribution in [0.3, 0.4) is 0 Å². The molecule has 0 spiro atoms. The van der Waals surface area contributed by atoms with Crippen molar-refractivity contribution in [1.29, 1.82) is 0 Å². The molecule has 214 valence electrons. The smallest absolute Gasteiger partial charge is 0.257 e. The van der Waals surface area contributed by atoms with Gasteiger partial charge in [-0.25, -0.2) is 26.3 Å². The summed E-state index contributed by atoms with van der Waals surface area (Å²) in [7, 11) is -3.96. The van der Waals surface area contributed by atoms with Crippen molar-refractivity contribution in [2.75, 3.05) is 26.2 Å². The number of hydrogen-bond acceptors (Lipinski definition) is 5. The van der Waals surface area contributed by atoms with E-state index in [0.29, 0.717) is 12.5 Å². The fourth-order valence-electron chi connectivity index (χ4n) is 5.47. The number of fused-ring (bicyclic) bond motifs is 1. The quantitative estimate of drug-likeness (QED) is 0.298. The highest BCUT2D eigenvalue weighted by Crippen LogP contribution is 2.34. The van der Waals surface area contributed by atoms with Crippen LogP contribution in [0.2, 0.25) is 0 Å². The molecular weight excluding hydrogens is 541 g/mol. The number of halogens is 3. The molecule has 40 heavy (non-hydrogen) atoms. The second-order valence-electron chi connectivity index (χ2n) is 10.8. The van der Waals surface area contributed by atoms with Crippen LogP contribution in [0, 0.1) is 25.6 Å². The fourth-order valence-corrected chi connectivity index (χ4v) is 7.07. The summed E-state index contributed by atoms with van der Waals surface area (Å²) in [5.74, 6) is 0.0445. The topological polar surface area (TPSA) is 76.3 Å². The van der Waals surface area contributed by atoms with Crippen LogP contribution in [0.4, 0.5) is 13.2 Å². The maximum absolute atomic E-state index is 13.7. The zero-order chi connectivity index (χ0) is 28.8. The van der Waals surface area contributed by atoms with Gasteiger partial charge < -0.3 is 0 Å². The Labute approximate surface area is 232 Å². The maximum Gasteiger partial charge on any atom is 0.257 e. The molecule has 3 heterocycles. The number of rotatable bonds is 8. The average Bonchev–Trinajstić information content (AvgIpc) is 3.46. The molecule has 5 rings (SSSR count). The average molecular weight is 575 g/mol. The first kappa shape index (κ1) is 28.3. The van der Waals surface area contributed by atoms with Gasteiger partial charge in [-0.15, -0.1) is 0 Å². The number of benzene rings is 2. The minimum Gasteiger partial charge on any atom is -0.293 e. The van der Waals surface area contributed by atoms with Crippen LogP contribution >= 0.6 is 0 Å². The van der Waals surface area contributed by atoms with E-state index in [1.807, 2.05) is 13.0 Å². The van der Waals surface area contributed by atoms with Crippen molar-refractivity contribution < 1.29 is 21.6 Å². The number of aromatic nitrogens is 4. The molecule has 2 aromatic carbocycles. The summed E-state index contributed by atoms with van der Waals surface area (Å²) in [6, 6.07) is 9.99. The van der Waals surface area contributed by atoms with Crippen LogP contribution in [0.1, 0.15) is 36.7 Å². The molecule has 0 saturated carbocycles. The molecule has 1 aliphatic rings. The van der Waals surface area contributed by atoms with Gasteiger partial charge in [0.2, 0.25) is 10.0 Å². The third-order valence-corrected chi connectivity index (χ3v) is 9.25. The summed E-state index contributed by atoms with van der Waals surface area (Å²) < 4.78 is 70.9. The van der Waals surface area contributed by atoms with Crippen LogP contribution in [0.5, 0.6) is 0 Å². The second kappa shape index (κ2) is 11.0. The Bertz CT molecular complexity index is 1610. The summed E-state index contributed by atoms with van der Waals surface area (Å²) in [5, 5.41) is 9.43. The fraction of sp³-hybridized carbons (Fsp3) is 0.429. The lowest BCUT2D eigenvalue weighted by Crippen LogP contribution is -2.51. The van der Waals surface area contributed by atoms with Crippen LogP contribution in [0.15, 0.2) is 53.7 Å². The molecular formula is C28H33F3N6O2S. The van der Waals surface area contributed by atoms with E-state index >= 15 is 0 Å². The van der Waals surface area contributed by atoms with Gasteiger partial charge in [-0.3, -0.25) is 9.58 Å². The van der Waals surface area contributed by atoms with Crippen molar-refractivity contribution in [3.05, 3.63) is 71.4 Å². The van der Waals surface area contributed by atoms with Crippen LogP contribution < -0.4 is 0 Å². The standard InChI is InChI=1S/C28H33F3N6O2S/c1-18(2)14-34-9-10-36(40(38,39)27-16-35(17-28(30)31)33-20(27)4)15-26(34)24-12-21-13-32-37(25(21)11-19(24)3)23-7-5-22(29)6-8-23/h5-8,11-13,16,18,26,28H,9-10,14-15,17H2,1-4H3/t26-/m1/s1. The molecule has 2 aromatic heterocycles. The Morgan fingerprint density at radius 3 is 2.45 bits per heavy atom. The van der Waals surface area contributed by atoms with Crippen molar-refractivity contribution in [3.8, 4) is 5.69 Å². The molecule has 0 aliphatic carbocycles. The van der Waals surface area contributed by atoms with Crippen LogP contribution in [-0.4, -0.2) is 69.8 Å². The van der Waals surface area contributed by atoms with E-state index in [4.69, 9.17) is 0 Å². The van der Waals surface area contributed by atoms with Gasteiger partial charge in [0.05, 0.1) is 23.1 Å². The van der Waals surface area contributed by atoms with Gasteiger partial charge in [-0.1, -0.05) is 13.8 Å². The van der Waals surface area contributed by atoms with Crippen molar-refractivity contribution in [2.24, 2.45) is 5.92 Å². The van der Waals surface area contributed by atoms with Crippen LogP contribution in [-0.2, 0) is 16.6 Å². The first-order valence-electron chi connectivity index (χ1n) is 13.2. The molecule has 8 nitrogen and oxygen atoms in total. The molecule has 12 heteroatoms. The molecule has 1 saturated heterocycles. The van der Waals surface area contributed by atoms with Crippen molar-refractivity contribution in [1.82, 2.24) is 28.8 Å². The number of piperazine rings is 1. The maximum atomic E-state index is 13.7. The second-order valence-corrected chi connectivity index (χ2v) is 12.7. The molecule has 0 radical (unpaired) electrons. The molecule has 1 aliphatic heterocycles. The first-order chi connectivity index (χ1) is 18.9. The zero-order valence-electron chi connectivity index (χ0n) is 22.9. The first-order valence-corrected chi connectivity index (χ1v) is 14.7. The SMILES string of the molecule is Cc1cc2c(cnn2-c2ccc(F)cc2)cc1[C@H]1CN(S(=O)(=O)c2cn(CC(F)F)nc2C)CCN1CC(C)C. The van der Waals surface area contributed by atoms with E-state index in [9.17, 15) is 21.6 Å². The predicted octanol–water partition coefficient (Wildman–Crippen LogP) is 4.95. The Balaban J connectivity index is 1.51. The normalized spacial score (nSPS) is 17.5. The monoisotopic (exact) mass is 574 g/mol. The summed E-state index contributed by atoms with van der Waals surface area (Å²) in [6.07, 6.45) is 0.323. The van der Waals surface area contributed by atoms with Gasteiger partial charge in [0.1, 0.15) is 17.3 Å². The van der Waals surface area contributed by atoms with E-state index in [-0.39, 0.29) is 35.5 Å². The summed E-state index contributed by atoms with van der Waals surface area (Å²) in [5.41, 5.74) is 3.79. The third kappa shape index (κ3) is 5.52. The Kier molecular flexibility index (Phi) is 7.77. The minimum absolute atomic E-state index is 0.0445. The lowest BCUT2D eigenvalue weighted by molar-refractivity contribution is 0.105. The molecule has 0 unspecified atom stereocenters. The van der Waals surface area contributed by atoms with Gasteiger partial charge >= 0.3 is 0 Å². The molecule has 0 bridgehead atoms. The van der Waals surface area contributed by atoms with Gasteiger partial charge in [-0.2, -0.15) is 14.5 Å². The number of hydrogen-bond donors (Lipinski definition) is 0. The minimum atomic E-state index is -3.96. The zero-order valence-corrected chi connectivity index (χ0v) is 23.7. The van der Waals surface area contributed by atoms with Gasteiger partial charge in [0.15, 0.2) is 0 Å². The molecule has 1 fully saturated rings.